The monoisotopic (exact) mass is 288 g/mol. The van der Waals surface area contributed by atoms with Gasteiger partial charge in [0.05, 0.1) is 11.4 Å². The smallest absolute Gasteiger partial charge is 0.241 e. The topological polar surface area (TPSA) is 82.2 Å². The first-order valence-corrected chi connectivity index (χ1v) is 6.90. The lowest BCUT2D eigenvalue weighted by molar-refractivity contribution is -0.114. The summed E-state index contributed by atoms with van der Waals surface area (Å²) in [5.74, 6) is 0.890. The van der Waals surface area contributed by atoms with Gasteiger partial charge in [0, 0.05) is 13.5 Å². The van der Waals surface area contributed by atoms with E-state index in [4.69, 9.17) is 10.5 Å². The van der Waals surface area contributed by atoms with E-state index < -0.39 is 0 Å². The van der Waals surface area contributed by atoms with E-state index in [1.807, 2.05) is 19.1 Å². The molecule has 21 heavy (non-hydrogen) atoms. The fourth-order valence-corrected chi connectivity index (χ4v) is 2.00. The average molecular weight is 288 g/mol. The van der Waals surface area contributed by atoms with Gasteiger partial charge >= 0.3 is 0 Å². The first-order valence-electron chi connectivity index (χ1n) is 6.90. The molecule has 0 aliphatic rings. The van der Waals surface area contributed by atoms with Crippen molar-refractivity contribution in [3.8, 4) is 11.6 Å². The third-order valence-electron chi connectivity index (χ3n) is 2.97. The van der Waals surface area contributed by atoms with Crippen molar-refractivity contribution in [2.75, 3.05) is 11.1 Å². The molecule has 3 N–H and O–H groups in total. The molecule has 1 heterocycles. The molecular weight excluding hydrogens is 268 g/mol. The number of benzene rings is 1. The highest BCUT2D eigenvalue weighted by molar-refractivity contribution is 5.90. The molecular formula is C15H20N4O2. The highest BCUT2D eigenvalue weighted by Gasteiger charge is 2.16. The zero-order chi connectivity index (χ0) is 15.4. The van der Waals surface area contributed by atoms with Crippen LogP contribution in [0.15, 0.2) is 24.3 Å². The number of rotatable bonds is 5. The molecule has 1 amide bonds. The van der Waals surface area contributed by atoms with Crippen molar-refractivity contribution >= 4 is 17.3 Å². The Kier molecular flexibility index (Phi) is 4.47. The number of anilines is 2. The van der Waals surface area contributed by atoms with Gasteiger partial charge in [-0.15, -0.1) is 0 Å². The number of nitrogens with two attached hydrogens (primary N) is 1. The molecule has 2 aromatic rings. The van der Waals surface area contributed by atoms with Crippen LogP contribution < -0.4 is 15.8 Å². The number of carbonyl (C=O) groups is 1. The van der Waals surface area contributed by atoms with Gasteiger partial charge in [-0.25, -0.2) is 4.68 Å². The Morgan fingerprint density at radius 2 is 2.14 bits per heavy atom. The maximum Gasteiger partial charge on any atom is 0.241 e. The van der Waals surface area contributed by atoms with E-state index in [1.54, 1.807) is 16.8 Å². The molecule has 1 aromatic carbocycles. The predicted octanol–water partition coefficient (Wildman–Crippen LogP) is 2.93. The van der Waals surface area contributed by atoms with Crippen LogP contribution >= 0.6 is 0 Å². The van der Waals surface area contributed by atoms with E-state index >= 15 is 0 Å². The molecule has 1 aromatic heterocycles. The summed E-state index contributed by atoms with van der Waals surface area (Å²) in [4.78, 5) is 11.2. The second-order valence-electron chi connectivity index (χ2n) is 4.81. The normalized spacial score (nSPS) is 10.4. The molecule has 0 bridgehead atoms. The molecule has 0 radical (unpaired) electrons. The second-order valence-corrected chi connectivity index (χ2v) is 4.81. The Bertz CT molecular complexity index is 649. The van der Waals surface area contributed by atoms with E-state index in [-0.39, 0.29) is 5.91 Å². The van der Waals surface area contributed by atoms with E-state index in [9.17, 15) is 4.79 Å². The van der Waals surface area contributed by atoms with Crippen molar-refractivity contribution in [3.63, 3.8) is 0 Å². The van der Waals surface area contributed by atoms with E-state index in [0.717, 1.165) is 18.7 Å². The van der Waals surface area contributed by atoms with Gasteiger partial charge < -0.3 is 15.8 Å². The SMILES string of the molecule is CCCn1nc(C)c(N)c1Oc1ccccc1NC(C)=O. The Morgan fingerprint density at radius 3 is 2.81 bits per heavy atom. The van der Waals surface area contributed by atoms with Crippen LogP contribution in [0.4, 0.5) is 11.4 Å². The fourth-order valence-electron chi connectivity index (χ4n) is 2.00. The number of para-hydroxylation sites is 2. The lowest BCUT2D eigenvalue weighted by Gasteiger charge is -2.13. The minimum atomic E-state index is -0.155. The second kappa shape index (κ2) is 6.30. The lowest BCUT2D eigenvalue weighted by Crippen LogP contribution is -2.08. The molecule has 6 heteroatoms. The Balaban J connectivity index is 2.36. The molecule has 0 spiro atoms. The van der Waals surface area contributed by atoms with Gasteiger partial charge in [-0.05, 0) is 25.5 Å². The van der Waals surface area contributed by atoms with Crippen LogP contribution in [0.5, 0.6) is 11.6 Å². The molecule has 0 aliphatic carbocycles. The number of amides is 1. The van der Waals surface area contributed by atoms with Gasteiger partial charge in [-0.3, -0.25) is 4.79 Å². The summed E-state index contributed by atoms with van der Waals surface area (Å²) in [5, 5.41) is 7.10. The van der Waals surface area contributed by atoms with Gasteiger partial charge in [0.25, 0.3) is 0 Å². The summed E-state index contributed by atoms with van der Waals surface area (Å²) in [6, 6.07) is 7.23. The summed E-state index contributed by atoms with van der Waals surface area (Å²) in [5.41, 5.74) is 7.89. The van der Waals surface area contributed by atoms with E-state index in [0.29, 0.717) is 23.0 Å². The number of nitrogens with one attached hydrogen (secondary N) is 1. The van der Waals surface area contributed by atoms with Crippen molar-refractivity contribution in [3.05, 3.63) is 30.0 Å². The molecule has 0 fully saturated rings. The molecule has 0 atom stereocenters. The van der Waals surface area contributed by atoms with Crippen LogP contribution in [-0.4, -0.2) is 15.7 Å². The van der Waals surface area contributed by atoms with Crippen LogP contribution in [0.3, 0.4) is 0 Å². The molecule has 0 aliphatic heterocycles. The average Bonchev–Trinajstić information content (AvgIpc) is 2.69. The minimum Gasteiger partial charge on any atom is -0.435 e. The standard InChI is InChI=1S/C15H20N4O2/c1-4-9-19-15(14(16)10(2)18-19)21-13-8-6-5-7-12(13)17-11(3)20/h5-8H,4,9,16H2,1-3H3,(H,17,20). The summed E-state index contributed by atoms with van der Waals surface area (Å²) in [6.45, 7) is 6.07. The Hall–Kier alpha value is -2.50. The highest BCUT2D eigenvalue weighted by atomic mass is 16.5. The molecule has 0 saturated carbocycles. The number of hydrogen-bond donors (Lipinski definition) is 2. The van der Waals surface area contributed by atoms with Crippen molar-refractivity contribution in [1.29, 1.82) is 0 Å². The number of nitrogen functional groups attached to an aromatic ring is 1. The Labute approximate surface area is 123 Å². The van der Waals surface area contributed by atoms with Gasteiger partial charge in [0.2, 0.25) is 11.8 Å². The minimum absolute atomic E-state index is 0.155. The maximum absolute atomic E-state index is 11.2. The molecule has 2 rings (SSSR count). The summed E-state index contributed by atoms with van der Waals surface area (Å²) in [6.07, 6.45) is 0.921. The van der Waals surface area contributed by atoms with Crippen molar-refractivity contribution in [1.82, 2.24) is 9.78 Å². The number of ether oxygens (including phenoxy) is 1. The fraction of sp³-hybridized carbons (Fsp3) is 0.333. The van der Waals surface area contributed by atoms with E-state index in [1.165, 1.54) is 6.92 Å². The largest absolute Gasteiger partial charge is 0.435 e. The number of aromatic nitrogens is 2. The van der Waals surface area contributed by atoms with Gasteiger partial charge in [0.15, 0.2) is 5.75 Å². The maximum atomic E-state index is 11.2. The first-order chi connectivity index (χ1) is 10.0. The zero-order valence-corrected chi connectivity index (χ0v) is 12.5. The Morgan fingerprint density at radius 1 is 1.43 bits per heavy atom. The van der Waals surface area contributed by atoms with Gasteiger partial charge in [-0.2, -0.15) is 5.10 Å². The summed E-state index contributed by atoms with van der Waals surface area (Å²) in [7, 11) is 0. The third kappa shape index (κ3) is 3.34. The molecule has 0 saturated heterocycles. The lowest BCUT2D eigenvalue weighted by atomic mass is 10.3. The number of carbonyl (C=O) groups excluding carboxylic acids is 1. The summed E-state index contributed by atoms with van der Waals surface area (Å²) >= 11 is 0. The van der Waals surface area contributed by atoms with Crippen LogP contribution in [0.2, 0.25) is 0 Å². The first kappa shape index (κ1) is 14.9. The van der Waals surface area contributed by atoms with Gasteiger partial charge in [-0.1, -0.05) is 19.1 Å². The molecule has 0 unspecified atom stereocenters. The number of hydrogen-bond acceptors (Lipinski definition) is 4. The van der Waals surface area contributed by atoms with E-state index in [2.05, 4.69) is 17.3 Å². The van der Waals surface area contributed by atoms with Crippen LogP contribution in [0.1, 0.15) is 26.0 Å². The highest BCUT2D eigenvalue weighted by Crippen LogP contribution is 2.34. The zero-order valence-electron chi connectivity index (χ0n) is 12.5. The summed E-state index contributed by atoms with van der Waals surface area (Å²) < 4.78 is 7.65. The van der Waals surface area contributed by atoms with Crippen LogP contribution in [0, 0.1) is 6.92 Å². The van der Waals surface area contributed by atoms with Crippen molar-refractivity contribution in [2.24, 2.45) is 0 Å². The van der Waals surface area contributed by atoms with Crippen molar-refractivity contribution < 1.29 is 9.53 Å². The van der Waals surface area contributed by atoms with Crippen LogP contribution in [-0.2, 0) is 11.3 Å². The predicted molar refractivity (Wildman–Crippen MR) is 82.5 cm³/mol. The quantitative estimate of drug-likeness (QED) is 0.886. The molecule has 6 nitrogen and oxygen atoms in total. The third-order valence-corrected chi connectivity index (χ3v) is 2.97. The molecule has 112 valence electrons. The number of aryl methyl sites for hydroxylation is 2. The number of nitrogens with zero attached hydrogens (tertiary/aromatic N) is 2. The van der Waals surface area contributed by atoms with Gasteiger partial charge in [0.1, 0.15) is 5.69 Å². The van der Waals surface area contributed by atoms with Crippen LogP contribution in [0.25, 0.3) is 0 Å². The van der Waals surface area contributed by atoms with Crippen molar-refractivity contribution in [2.45, 2.75) is 33.7 Å².